The number of halogens is 3. The number of esters is 4. The lowest BCUT2D eigenvalue weighted by Gasteiger charge is -2.62. The lowest BCUT2D eigenvalue weighted by Crippen LogP contribution is -2.69. The van der Waals surface area contributed by atoms with Crippen molar-refractivity contribution in [2.24, 2.45) is 28.6 Å². The SMILES string of the molecule is COc1c(N2CCNC(C)C2)c(F)cc2c(=O)c(C(=O)OCC(COC(=O)c3cn(C4CC4)c4c(OC)c(N5CCNC(C)C5)c(F)cc4c3=O)OC(=O)c3ccc(C(=O)OCC(=O)[C@@]4(O)[C@H](C)C[C@H]5[C@@H]6CCC7=CC(=O)C=C[C@]7(C)[C@@]6(F)[C@@H](O)C[C@@]54C)cc3)cn(C3CC3)c12. The Bertz CT molecular complexity index is 4100. The minimum absolute atomic E-state index is 0.0212. The minimum Gasteiger partial charge on any atom is -0.492 e. The van der Waals surface area contributed by atoms with Gasteiger partial charge in [0.05, 0.1) is 53.3 Å². The summed E-state index contributed by atoms with van der Waals surface area (Å²) in [7, 11) is 2.76. The first-order valence-electron chi connectivity index (χ1n) is 33.0. The average molecular weight is 1330 g/mol. The molecule has 96 heavy (non-hydrogen) atoms. The zero-order valence-corrected chi connectivity index (χ0v) is 54.6. The highest BCUT2D eigenvalue weighted by Gasteiger charge is 2.75. The number of carbonyl (C=O) groups is 6. The van der Waals surface area contributed by atoms with Crippen LogP contribution in [-0.4, -0.2) is 164 Å². The smallest absolute Gasteiger partial charge is 0.343 e. The molecule has 10 atom stereocenters. The summed E-state index contributed by atoms with van der Waals surface area (Å²) >= 11 is 0. The first-order chi connectivity index (χ1) is 45.7. The number of methoxy groups -OCH3 is 2. The molecule has 25 heteroatoms. The highest BCUT2D eigenvalue weighted by atomic mass is 19.1. The van der Waals surface area contributed by atoms with Crippen molar-refractivity contribution in [3.63, 3.8) is 0 Å². The molecule has 7 fully saturated rings. The van der Waals surface area contributed by atoms with Crippen LogP contribution in [0, 0.1) is 40.2 Å². The van der Waals surface area contributed by atoms with Crippen LogP contribution in [0.2, 0.25) is 0 Å². The number of aliphatic hydroxyl groups is 2. The number of carbonyl (C=O) groups excluding carboxylic acids is 6. The standard InChI is InChI=1S/C71H79F3N6O16/c1-36-24-51-50-17-12-41-25-44(81)18-19-68(41,4)70(50,74)54(82)28-69(51,5)71(36,90)55(83)35-95-64(86)39-8-10-40(11-9-39)65(87)96-45(33-93-66(88)48-31-79(42-13-14-42)56-46(60(48)84)26-52(72)58(62(56)91-6)77-22-20-75-37(2)29-77)34-94-67(89)49-32-80(43-15-16-43)57-47(61(49)85)27-53(73)59(63(57)92-7)78-23-21-76-38(3)30-78/h8-11,18-19,25-27,31-32,36-38,42-43,45,50-51,54,75-76,82,90H,12-17,20-24,28-30,33-35H2,1-7H3/t36-,37?,38?,45?,50+,51+,54+,68+,69+,70+,71+/m1/s1. The number of aromatic nitrogens is 2. The van der Waals surface area contributed by atoms with Crippen LogP contribution in [0.1, 0.15) is 140 Å². The minimum atomic E-state index is -2.21. The summed E-state index contributed by atoms with van der Waals surface area (Å²) in [6.07, 6.45) is 6.91. The Labute approximate surface area is 550 Å². The van der Waals surface area contributed by atoms with Crippen LogP contribution in [-0.2, 0) is 28.5 Å². The number of fused-ring (bicyclic) bond motifs is 7. The first kappa shape index (κ1) is 66.2. The number of Topliss-reactive ketones (excluding diaryl/α,β-unsaturated/α-hetero) is 1. The molecule has 2 aromatic heterocycles. The molecule has 2 saturated heterocycles. The maximum atomic E-state index is 17.8. The summed E-state index contributed by atoms with van der Waals surface area (Å²) in [5.74, 6) is -8.97. The lowest BCUT2D eigenvalue weighted by molar-refractivity contribution is -0.219. The van der Waals surface area contributed by atoms with Crippen molar-refractivity contribution in [2.75, 3.05) is 83.1 Å². The van der Waals surface area contributed by atoms with Gasteiger partial charge >= 0.3 is 23.9 Å². The molecule has 0 bridgehead atoms. The van der Waals surface area contributed by atoms with Crippen LogP contribution in [0.15, 0.2) is 82.2 Å². The molecule has 22 nitrogen and oxygen atoms in total. The number of anilines is 2. The predicted molar refractivity (Wildman–Crippen MR) is 345 cm³/mol. The fourth-order valence-corrected chi connectivity index (χ4v) is 16.7. The summed E-state index contributed by atoms with van der Waals surface area (Å²) in [6.45, 7) is 9.29. The van der Waals surface area contributed by atoms with Crippen molar-refractivity contribution in [3.8, 4) is 11.5 Å². The normalized spacial score (nSPS) is 28.8. The number of rotatable bonds is 18. The Kier molecular flexibility index (Phi) is 17.2. The summed E-state index contributed by atoms with van der Waals surface area (Å²) in [5.41, 5.74) is -8.56. The highest BCUT2D eigenvalue weighted by Crippen LogP contribution is 2.71. The third kappa shape index (κ3) is 10.9. The molecule has 4 N–H and O–H groups in total. The van der Waals surface area contributed by atoms with Gasteiger partial charge in [-0.2, -0.15) is 0 Å². The Morgan fingerprint density at radius 1 is 0.698 bits per heavy atom. The van der Waals surface area contributed by atoms with Crippen LogP contribution in [0.4, 0.5) is 24.5 Å². The van der Waals surface area contributed by atoms with Gasteiger partial charge in [-0.25, -0.2) is 32.3 Å². The number of ether oxygens (including phenoxy) is 6. The van der Waals surface area contributed by atoms with Gasteiger partial charge < -0.3 is 68.2 Å². The number of nitrogens with zero attached hydrogens (tertiary/aromatic N) is 4. The molecule has 13 rings (SSSR count). The molecule has 2 unspecified atom stereocenters. The van der Waals surface area contributed by atoms with E-state index < -0.39 is 135 Å². The number of hydrogen-bond donors (Lipinski definition) is 4. The lowest BCUT2D eigenvalue weighted by atomic mass is 9.44. The molecular weight excluding hydrogens is 1250 g/mol. The number of hydrogen-bond acceptors (Lipinski definition) is 20. The molecule has 5 saturated carbocycles. The molecule has 0 spiro atoms. The Morgan fingerprint density at radius 3 is 1.68 bits per heavy atom. The van der Waals surface area contributed by atoms with E-state index in [0.29, 0.717) is 76.9 Å². The Hall–Kier alpha value is -8.39. The second-order valence-corrected chi connectivity index (χ2v) is 27.9. The van der Waals surface area contributed by atoms with Gasteiger partial charge in [0.1, 0.15) is 41.3 Å². The quantitative estimate of drug-likeness (QED) is 0.0499. The van der Waals surface area contributed by atoms with Crippen LogP contribution < -0.4 is 40.8 Å². The molecule has 3 aromatic carbocycles. The van der Waals surface area contributed by atoms with Crippen molar-refractivity contribution >= 4 is 68.6 Å². The van der Waals surface area contributed by atoms with Gasteiger partial charge in [-0.3, -0.25) is 19.2 Å². The van der Waals surface area contributed by atoms with Crippen molar-refractivity contribution < 1.29 is 80.6 Å². The van der Waals surface area contributed by atoms with Crippen LogP contribution >= 0.6 is 0 Å². The van der Waals surface area contributed by atoms with Gasteiger partial charge in [0.25, 0.3) is 0 Å². The number of aliphatic hydroxyl groups excluding tert-OH is 1. The highest BCUT2D eigenvalue weighted by molar-refractivity contribution is 6.02. The molecule has 5 aromatic rings. The molecule has 510 valence electrons. The topological polar surface area (TPSA) is 273 Å². The monoisotopic (exact) mass is 1330 g/mol. The summed E-state index contributed by atoms with van der Waals surface area (Å²) in [4.78, 5) is 116. The number of pyridine rings is 2. The van der Waals surface area contributed by atoms with Crippen LogP contribution in [0.3, 0.4) is 0 Å². The van der Waals surface area contributed by atoms with Crippen molar-refractivity contribution in [1.82, 2.24) is 19.8 Å². The van der Waals surface area contributed by atoms with Crippen LogP contribution in [0.5, 0.6) is 11.5 Å². The van der Waals surface area contributed by atoms with Crippen molar-refractivity contribution in [2.45, 2.75) is 134 Å². The number of alkyl halides is 1. The van der Waals surface area contributed by atoms with Gasteiger partial charge in [0, 0.05) is 92.6 Å². The molecule has 0 amide bonds. The van der Waals surface area contributed by atoms with Gasteiger partial charge in [0.15, 0.2) is 47.3 Å². The summed E-state index contributed by atoms with van der Waals surface area (Å²) in [6, 6.07) is 6.60. The van der Waals surface area contributed by atoms with E-state index in [9.17, 15) is 48.6 Å². The summed E-state index contributed by atoms with van der Waals surface area (Å²) < 4.78 is 88.5. The number of benzene rings is 3. The van der Waals surface area contributed by atoms with E-state index in [-0.39, 0.29) is 105 Å². The maximum absolute atomic E-state index is 17.8. The fraction of sp³-hybridized carbons (Fsp3) is 0.521. The third-order valence-corrected chi connectivity index (χ3v) is 21.9. The molecule has 4 heterocycles. The second-order valence-electron chi connectivity index (χ2n) is 27.9. The zero-order chi connectivity index (χ0) is 68.2. The van der Waals surface area contributed by atoms with E-state index in [2.05, 4.69) is 10.6 Å². The Balaban J connectivity index is 0.745. The fourth-order valence-electron chi connectivity index (χ4n) is 16.7. The first-order valence-corrected chi connectivity index (χ1v) is 33.0. The van der Waals surface area contributed by atoms with E-state index in [0.717, 1.165) is 12.1 Å². The molecule has 2 aliphatic heterocycles. The molecule has 0 radical (unpaired) electrons. The van der Waals surface area contributed by atoms with E-state index in [4.69, 9.17) is 28.4 Å². The maximum Gasteiger partial charge on any atom is 0.343 e. The number of ketones is 2. The number of nitrogens with one attached hydrogen (secondary N) is 2. The number of allylic oxidation sites excluding steroid dienone is 4. The van der Waals surface area contributed by atoms with Crippen molar-refractivity contribution in [3.05, 3.63) is 127 Å². The predicted octanol–water partition coefficient (Wildman–Crippen LogP) is 7.19. The van der Waals surface area contributed by atoms with E-state index in [1.807, 2.05) is 23.6 Å². The van der Waals surface area contributed by atoms with E-state index in [1.54, 1.807) is 29.9 Å². The van der Waals surface area contributed by atoms with Gasteiger partial charge in [0.2, 0.25) is 16.6 Å². The Morgan fingerprint density at radius 2 is 1.20 bits per heavy atom. The van der Waals surface area contributed by atoms with Crippen LogP contribution in [0.25, 0.3) is 21.8 Å². The van der Waals surface area contributed by atoms with Gasteiger partial charge in [-0.15, -0.1) is 0 Å². The van der Waals surface area contributed by atoms with E-state index >= 15 is 13.2 Å². The second kappa shape index (κ2) is 24.9. The largest absolute Gasteiger partial charge is 0.492 e. The van der Waals surface area contributed by atoms with Gasteiger partial charge in [-0.1, -0.05) is 25.5 Å². The van der Waals surface area contributed by atoms with E-state index in [1.165, 1.54) is 69.1 Å². The zero-order valence-electron chi connectivity index (χ0n) is 54.6. The average Bonchev–Trinajstić information content (AvgIpc) is 1.37. The molecule has 6 aliphatic carbocycles. The molecular formula is C71H79F3N6O16. The van der Waals surface area contributed by atoms with Gasteiger partial charge in [-0.05, 0) is 133 Å². The van der Waals surface area contributed by atoms with Crippen molar-refractivity contribution in [1.29, 1.82) is 0 Å². The third-order valence-electron chi connectivity index (χ3n) is 21.9. The number of piperazine rings is 2. The summed E-state index contributed by atoms with van der Waals surface area (Å²) in [5, 5.41) is 30.7. The molecule has 8 aliphatic rings.